The Morgan fingerprint density at radius 2 is 1.89 bits per heavy atom. The van der Waals surface area contributed by atoms with Crippen molar-refractivity contribution in [3.63, 3.8) is 0 Å². The molecule has 1 saturated carbocycles. The van der Waals surface area contributed by atoms with Crippen LogP contribution in [-0.4, -0.2) is 18.5 Å². The number of hydrogen-bond acceptors (Lipinski definition) is 2. The summed E-state index contributed by atoms with van der Waals surface area (Å²) in [5.74, 6) is 6.25. The summed E-state index contributed by atoms with van der Waals surface area (Å²) in [6.07, 6.45) is 7.35. The third kappa shape index (κ3) is 4.91. The monoisotopic (exact) mass is 260 g/mol. The first-order valence-electron chi connectivity index (χ1n) is 7.20. The van der Waals surface area contributed by atoms with Crippen molar-refractivity contribution >= 4 is 5.96 Å². The summed E-state index contributed by atoms with van der Waals surface area (Å²) in [7, 11) is 0. The zero-order valence-electron chi connectivity index (χ0n) is 11.4. The van der Waals surface area contributed by atoms with Gasteiger partial charge in [-0.2, -0.15) is 0 Å². The summed E-state index contributed by atoms with van der Waals surface area (Å²) in [4.78, 5) is 4.50. The molecule has 0 radical (unpaired) electrons. The molecule has 4 nitrogen and oxygen atoms in total. The molecule has 0 bridgehead atoms. The van der Waals surface area contributed by atoms with E-state index in [1.165, 1.54) is 37.7 Å². The van der Waals surface area contributed by atoms with Crippen LogP contribution in [0.2, 0.25) is 0 Å². The summed E-state index contributed by atoms with van der Waals surface area (Å²) in [5.41, 5.74) is 3.98. The van der Waals surface area contributed by atoms with Crippen LogP contribution in [0.25, 0.3) is 0 Å². The van der Waals surface area contributed by atoms with Crippen LogP contribution in [-0.2, 0) is 6.42 Å². The van der Waals surface area contributed by atoms with Gasteiger partial charge in [-0.1, -0.05) is 49.6 Å². The van der Waals surface area contributed by atoms with Gasteiger partial charge in [0.2, 0.25) is 5.96 Å². The van der Waals surface area contributed by atoms with Gasteiger partial charge in [-0.3, -0.25) is 10.4 Å². The minimum absolute atomic E-state index is 0.528. The highest BCUT2D eigenvalue weighted by Crippen LogP contribution is 2.17. The van der Waals surface area contributed by atoms with Crippen LogP contribution < -0.4 is 16.6 Å². The zero-order chi connectivity index (χ0) is 13.3. The molecule has 0 amide bonds. The molecule has 4 N–H and O–H groups in total. The van der Waals surface area contributed by atoms with Crippen molar-refractivity contribution in [2.75, 3.05) is 6.54 Å². The van der Waals surface area contributed by atoms with Gasteiger partial charge in [0.25, 0.3) is 0 Å². The van der Waals surface area contributed by atoms with E-state index in [1.807, 2.05) is 6.07 Å². The lowest BCUT2D eigenvalue weighted by Crippen LogP contribution is -2.47. The summed E-state index contributed by atoms with van der Waals surface area (Å²) in [6, 6.07) is 10.9. The molecule has 1 fully saturated rings. The maximum Gasteiger partial charge on any atom is 0.205 e. The molecule has 19 heavy (non-hydrogen) atoms. The molecular weight excluding hydrogens is 236 g/mol. The van der Waals surface area contributed by atoms with E-state index in [2.05, 4.69) is 40.0 Å². The Kier molecular flexibility index (Phi) is 5.69. The molecule has 0 unspecified atom stereocenters. The maximum atomic E-state index is 5.53. The summed E-state index contributed by atoms with van der Waals surface area (Å²) >= 11 is 0. The largest absolute Gasteiger partial charge is 0.353 e. The van der Waals surface area contributed by atoms with E-state index in [0.717, 1.165) is 18.9 Å². The van der Waals surface area contributed by atoms with E-state index in [9.17, 15) is 0 Å². The number of aliphatic imine (C=N–C) groups is 1. The summed E-state index contributed by atoms with van der Waals surface area (Å²) < 4.78 is 0. The van der Waals surface area contributed by atoms with Gasteiger partial charge in [0.05, 0.1) is 0 Å². The Bertz CT molecular complexity index is 382. The van der Waals surface area contributed by atoms with Crippen molar-refractivity contribution in [3.05, 3.63) is 35.9 Å². The van der Waals surface area contributed by atoms with Gasteiger partial charge in [-0.15, -0.1) is 0 Å². The van der Waals surface area contributed by atoms with Crippen molar-refractivity contribution in [2.45, 2.75) is 44.6 Å². The maximum absolute atomic E-state index is 5.53. The predicted molar refractivity (Wildman–Crippen MR) is 79.8 cm³/mol. The minimum atomic E-state index is 0.528. The lowest BCUT2D eigenvalue weighted by Gasteiger charge is -2.24. The number of hydrazine groups is 1. The third-order valence-electron chi connectivity index (χ3n) is 3.60. The molecular formula is C15H24N4. The Hall–Kier alpha value is -1.55. The fourth-order valence-corrected chi connectivity index (χ4v) is 2.51. The molecule has 1 aliphatic rings. The second-order valence-corrected chi connectivity index (χ2v) is 5.09. The van der Waals surface area contributed by atoms with Gasteiger partial charge in [-0.05, 0) is 24.8 Å². The lowest BCUT2D eigenvalue weighted by atomic mass is 9.96. The standard InChI is InChI=1S/C15H24N4/c16-19-15(18-14-9-5-2-6-10-14)17-12-11-13-7-3-1-4-8-13/h1,3-4,7-8,14H,2,5-6,9-12,16H2,(H2,17,18,19). The van der Waals surface area contributed by atoms with E-state index in [0.29, 0.717) is 6.04 Å². The van der Waals surface area contributed by atoms with Crippen molar-refractivity contribution in [2.24, 2.45) is 10.8 Å². The Morgan fingerprint density at radius 1 is 1.16 bits per heavy atom. The predicted octanol–water partition coefficient (Wildman–Crippen LogP) is 1.97. The quantitative estimate of drug-likeness (QED) is 0.336. The molecule has 0 heterocycles. The van der Waals surface area contributed by atoms with Crippen LogP contribution in [0.15, 0.2) is 35.3 Å². The number of nitrogens with zero attached hydrogens (tertiary/aromatic N) is 1. The number of hydrogen-bond donors (Lipinski definition) is 3. The average molecular weight is 260 g/mol. The Balaban J connectivity index is 1.78. The molecule has 0 atom stereocenters. The molecule has 0 spiro atoms. The van der Waals surface area contributed by atoms with Gasteiger partial charge in [0.15, 0.2) is 0 Å². The van der Waals surface area contributed by atoms with Crippen molar-refractivity contribution in [1.82, 2.24) is 10.7 Å². The van der Waals surface area contributed by atoms with Gasteiger partial charge in [0.1, 0.15) is 0 Å². The zero-order valence-corrected chi connectivity index (χ0v) is 11.4. The first-order valence-corrected chi connectivity index (χ1v) is 7.20. The van der Waals surface area contributed by atoms with Crippen molar-refractivity contribution < 1.29 is 0 Å². The van der Waals surface area contributed by atoms with Crippen LogP contribution in [0.3, 0.4) is 0 Å². The second kappa shape index (κ2) is 7.79. The Labute approximate surface area is 115 Å². The van der Waals surface area contributed by atoms with Gasteiger partial charge in [-0.25, -0.2) is 5.84 Å². The first kappa shape index (κ1) is 13.9. The van der Waals surface area contributed by atoms with Crippen LogP contribution in [0.4, 0.5) is 0 Å². The summed E-state index contributed by atoms with van der Waals surface area (Å²) in [6.45, 7) is 0.753. The van der Waals surface area contributed by atoms with Crippen molar-refractivity contribution in [1.29, 1.82) is 0 Å². The lowest BCUT2D eigenvalue weighted by molar-refractivity contribution is 0.410. The molecule has 1 aliphatic carbocycles. The van der Waals surface area contributed by atoms with E-state index >= 15 is 0 Å². The topological polar surface area (TPSA) is 62.4 Å². The molecule has 4 heteroatoms. The normalized spacial score (nSPS) is 17.2. The summed E-state index contributed by atoms with van der Waals surface area (Å²) in [5, 5.41) is 3.41. The smallest absolute Gasteiger partial charge is 0.205 e. The average Bonchev–Trinajstić information content (AvgIpc) is 2.48. The highest BCUT2D eigenvalue weighted by molar-refractivity contribution is 5.79. The van der Waals surface area contributed by atoms with E-state index in [4.69, 9.17) is 5.84 Å². The molecule has 1 aromatic carbocycles. The molecule has 1 aromatic rings. The van der Waals surface area contributed by atoms with E-state index in [-0.39, 0.29) is 0 Å². The number of benzene rings is 1. The van der Waals surface area contributed by atoms with Gasteiger partial charge >= 0.3 is 0 Å². The minimum Gasteiger partial charge on any atom is -0.353 e. The fraction of sp³-hybridized carbons (Fsp3) is 0.533. The number of guanidine groups is 1. The molecule has 104 valence electrons. The van der Waals surface area contributed by atoms with E-state index in [1.54, 1.807) is 0 Å². The first-order chi connectivity index (χ1) is 9.38. The Morgan fingerprint density at radius 3 is 2.58 bits per heavy atom. The molecule has 0 aliphatic heterocycles. The van der Waals surface area contributed by atoms with Crippen LogP contribution >= 0.6 is 0 Å². The molecule has 0 aromatic heterocycles. The van der Waals surface area contributed by atoms with Gasteiger partial charge < -0.3 is 5.32 Å². The van der Waals surface area contributed by atoms with Crippen LogP contribution in [0.1, 0.15) is 37.7 Å². The van der Waals surface area contributed by atoms with E-state index < -0.39 is 0 Å². The van der Waals surface area contributed by atoms with Gasteiger partial charge in [0, 0.05) is 12.6 Å². The third-order valence-corrected chi connectivity index (χ3v) is 3.60. The number of nitrogens with two attached hydrogens (primary N) is 1. The molecule has 2 rings (SSSR count). The second-order valence-electron chi connectivity index (χ2n) is 5.09. The highest BCUT2D eigenvalue weighted by atomic mass is 15.3. The van der Waals surface area contributed by atoms with Crippen LogP contribution in [0.5, 0.6) is 0 Å². The SMILES string of the molecule is NNC(=NCCc1ccccc1)NC1CCCCC1. The van der Waals surface area contributed by atoms with Crippen molar-refractivity contribution in [3.8, 4) is 0 Å². The highest BCUT2D eigenvalue weighted by Gasteiger charge is 2.13. The number of nitrogens with one attached hydrogen (secondary N) is 2. The fourth-order valence-electron chi connectivity index (χ4n) is 2.51. The molecule has 0 saturated heterocycles. The van der Waals surface area contributed by atoms with Crippen LogP contribution in [0, 0.1) is 0 Å². The number of rotatable bonds is 4.